The van der Waals surface area contributed by atoms with Gasteiger partial charge in [-0.1, -0.05) is 17.7 Å². The Bertz CT molecular complexity index is 1680. The van der Waals surface area contributed by atoms with Crippen LogP contribution in [0.15, 0.2) is 59.5 Å². The Kier molecular flexibility index (Phi) is 6.57. The Morgan fingerprint density at radius 2 is 1.86 bits per heavy atom. The predicted octanol–water partition coefficient (Wildman–Crippen LogP) is 4.75. The third kappa shape index (κ3) is 4.63. The lowest BCUT2D eigenvalue weighted by atomic mass is 10.0. The molecule has 0 atom stereocenters. The van der Waals surface area contributed by atoms with Crippen LogP contribution in [-0.4, -0.2) is 58.5 Å². The van der Waals surface area contributed by atoms with Crippen LogP contribution >= 0.6 is 11.6 Å². The first-order valence-corrected chi connectivity index (χ1v) is 12.2. The third-order valence-electron chi connectivity index (χ3n) is 6.20. The second-order valence-electron chi connectivity index (χ2n) is 9.11. The van der Waals surface area contributed by atoms with Crippen molar-refractivity contribution in [3.8, 4) is 16.8 Å². The highest BCUT2D eigenvalue weighted by Gasteiger charge is 2.22. The lowest BCUT2D eigenvalue weighted by Gasteiger charge is -2.19. The zero-order chi connectivity index (χ0) is 26.3. The predicted molar refractivity (Wildman–Crippen MR) is 149 cm³/mol. The molecule has 0 fully saturated rings. The van der Waals surface area contributed by atoms with E-state index in [1.807, 2.05) is 50.4 Å². The van der Waals surface area contributed by atoms with E-state index in [1.54, 1.807) is 36.0 Å². The number of hydrogen-bond donors (Lipinski definition) is 2. The average molecular weight is 520 g/mol. The van der Waals surface area contributed by atoms with Gasteiger partial charge in [0.15, 0.2) is 17.3 Å². The number of rotatable bonds is 7. The Balaban J connectivity index is 1.82. The Labute approximate surface area is 218 Å². The molecule has 0 unspecified atom stereocenters. The fourth-order valence-electron chi connectivity index (χ4n) is 4.47. The van der Waals surface area contributed by atoms with Gasteiger partial charge in [-0.15, -0.1) is 0 Å². The third-order valence-corrected chi connectivity index (χ3v) is 6.45. The molecule has 8 nitrogen and oxygen atoms in total. The second-order valence-corrected chi connectivity index (χ2v) is 9.55. The number of benzene rings is 2. The molecule has 3 aromatic heterocycles. The van der Waals surface area contributed by atoms with Gasteiger partial charge in [0.25, 0.3) is 5.56 Å². The van der Waals surface area contributed by atoms with Crippen LogP contribution in [0.5, 0.6) is 0 Å². The fraction of sp³-hybridized carbons (Fsp3) is 0.222. The summed E-state index contributed by atoms with van der Waals surface area (Å²) in [5.41, 5.74) is 3.02. The molecule has 5 rings (SSSR count). The van der Waals surface area contributed by atoms with Crippen molar-refractivity contribution in [3.05, 3.63) is 75.9 Å². The van der Waals surface area contributed by atoms with E-state index in [0.717, 1.165) is 10.9 Å². The summed E-state index contributed by atoms with van der Waals surface area (Å²) in [7, 11) is 7.44. The van der Waals surface area contributed by atoms with Gasteiger partial charge in [0.2, 0.25) is 0 Å². The summed E-state index contributed by atoms with van der Waals surface area (Å²) < 4.78 is 18.5. The Hall–Kier alpha value is -3.95. The van der Waals surface area contributed by atoms with Crippen LogP contribution in [0.3, 0.4) is 0 Å². The number of hydrogen-bond acceptors (Lipinski definition) is 6. The highest BCUT2D eigenvalue weighted by atomic mass is 35.5. The molecule has 0 aliphatic heterocycles. The molecule has 0 saturated heterocycles. The van der Waals surface area contributed by atoms with E-state index in [0.29, 0.717) is 51.6 Å². The number of anilines is 2. The quantitative estimate of drug-likeness (QED) is 0.323. The average Bonchev–Trinajstić information content (AvgIpc) is 3.24. The smallest absolute Gasteiger partial charge is 0.266 e. The van der Waals surface area contributed by atoms with Crippen LogP contribution in [0.4, 0.5) is 15.9 Å². The summed E-state index contributed by atoms with van der Waals surface area (Å²) >= 11 is 6.13. The molecule has 0 radical (unpaired) electrons. The van der Waals surface area contributed by atoms with Crippen LogP contribution in [0.1, 0.15) is 0 Å². The molecule has 190 valence electrons. The minimum absolute atomic E-state index is 0.0862. The van der Waals surface area contributed by atoms with E-state index in [-0.39, 0.29) is 11.4 Å². The maximum absolute atomic E-state index is 15.3. The summed E-state index contributed by atoms with van der Waals surface area (Å²) in [6.07, 6.45) is 1.89. The van der Waals surface area contributed by atoms with Gasteiger partial charge in [0, 0.05) is 49.2 Å². The largest absolute Gasteiger partial charge is 0.387 e. The summed E-state index contributed by atoms with van der Waals surface area (Å²) in [5.74, 6) is -0.416. The summed E-state index contributed by atoms with van der Waals surface area (Å²) in [5, 5.41) is 12.5. The minimum Gasteiger partial charge on any atom is -0.387 e. The molecule has 0 spiro atoms. The molecule has 3 heterocycles. The van der Waals surface area contributed by atoms with E-state index in [9.17, 15) is 4.79 Å². The van der Waals surface area contributed by atoms with E-state index in [2.05, 4.69) is 20.7 Å². The van der Waals surface area contributed by atoms with Crippen molar-refractivity contribution in [1.29, 1.82) is 0 Å². The normalized spacial score (nSPS) is 11.5. The van der Waals surface area contributed by atoms with E-state index in [4.69, 9.17) is 11.6 Å². The molecule has 0 amide bonds. The Morgan fingerprint density at radius 1 is 1.11 bits per heavy atom. The fourth-order valence-corrected chi connectivity index (χ4v) is 4.59. The number of aryl methyl sites for hydroxylation is 1. The number of fused-ring (bicyclic) bond motifs is 2. The molecule has 37 heavy (non-hydrogen) atoms. The van der Waals surface area contributed by atoms with Crippen molar-refractivity contribution in [3.63, 3.8) is 0 Å². The van der Waals surface area contributed by atoms with Crippen LogP contribution in [-0.2, 0) is 7.05 Å². The molecule has 0 bridgehead atoms. The maximum atomic E-state index is 15.3. The number of aromatic nitrogens is 4. The Morgan fingerprint density at radius 3 is 2.57 bits per heavy atom. The van der Waals surface area contributed by atoms with Crippen molar-refractivity contribution < 1.29 is 4.39 Å². The summed E-state index contributed by atoms with van der Waals surface area (Å²) in [6.45, 7) is 1.19. The van der Waals surface area contributed by atoms with Crippen LogP contribution in [0.2, 0.25) is 5.02 Å². The minimum atomic E-state index is -0.502. The van der Waals surface area contributed by atoms with Gasteiger partial charge >= 0.3 is 0 Å². The monoisotopic (exact) mass is 519 g/mol. The zero-order valence-electron chi connectivity index (χ0n) is 21.0. The van der Waals surface area contributed by atoms with Gasteiger partial charge in [-0.05, 0) is 62.1 Å². The molecule has 0 aliphatic rings. The highest BCUT2D eigenvalue weighted by molar-refractivity contribution is 6.30. The van der Waals surface area contributed by atoms with E-state index >= 15 is 4.39 Å². The van der Waals surface area contributed by atoms with Gasteiger partial charge in [-0.2, -0.15) is 5.10 Å². The van der Waals surface area contributed by atoms with Crippen LogP contribution in [0, 0.1) is 5.82 Å². The standard InChI is InChI=1S/C27H27ClFN7O/c1-30-24-20-14-21(29)25(31-11-12-34(2)3)32-26(20)36(19-8-6-18(28)7-9-19)27(37)23(24)16-5-10-22-17(13-16)15-35(4)33-22/h5-10,13-15,30H,11-12H2,1-4H3,(H,31,32). The van der Waals surface area contributed by atoms with Crippen LogP contribution in [0.25, 0.3) is 38.8 Å². The molecular weight excluding hydrogens is 493 g/mol. The molecule has 2 aromatic carbocycles. The first-order chi connectivity index (χ1) is 17.8. The number of nitrogens with zero attached hydrogens (tertiary/aromatic N) is 5. The number of pyridine rings is 2. The van der Waals surface area contributed by atoms with Gasteiger partial charge in [-0.25, -0.2) is 9.37 Å². The van der Waals surface area contributed by atoms with Crippen molar-refractivity contribution >= 4 is 45.0 Å². The molecule has 0 saturated carbocycles. The van der Waals surface area contributed by atoms with Crippen molar-refractivity contribution in [1.82, 2.24) is 24.2 Å². The molecule has 5 aromatic rings. The first-order valence-electron chi connectivity index (χ1n) is 11.8. The number of nitrogens with one attached hydrogen (secondary N) is 2. The lowest BCUT2D eigenvalue weighted by Crippen LogP contribution is -2.24. The number of likely N-dealkylation sites (N-methyl/N-ethyl adjacent to an activating group) is 1. The van der Waals surface area contributed by atoms with Crippen LogP contribution < -0.4 is 16.2 Å². The molecule has 10 heteroatoms. The van der Waals surface area contributed by atoms with E-state index < -0.39 is 5.82 Å². The van der Waals surface area contributed by atoms with Gasteiger partial charge in [0.1, 0.15) is 0 Å². The van der Waals surface area contributed by atoms with Crippen molar-refractivity contribution in [2.75, 3.05) is 44.9 Å². The highest BCUT2D eigenvalue weighted by Crippen LogP contribution is 2.35. The lowest BCUT2D eigenvalue weighted by molar-refractivity contribution is 0.424. The molecular formula is C27H27ClFN7O. The van der Waals surface area contributed by atoms with Gasteiger partial charge in [-0.3, -0.25) is 14.0 Å². The topological polar surface area (TPSA) is 80.0 Å². The van der Waals surface area contributed by atoms with Crippen molar-refractivity contribution in [2.45, 2.75) is 0 Å². The molecule has 0 aliphatic carbocycles. The van der Waals surface area contributed by atoms with Crippen molar-refractivity contribution in [2.24, 2.45) is 7.05 Å². The SMILES string of the molecule is CNc1c(-c2ccc3nn(C)cc3c2)c(=O)n(-c2ccc(Cl)cc2)c2nc(NCCN(C)C)c(F)cc12. The maximum Gasteiger partial charge on any atom is 0.266 e. The number of halogens is 2. The van der Waals surface area contributed by atoms with E-state index in [1.165, 1.54) is 10.6 Å². The zero-order valence-corrected chi connectivity index (χ0v) is 21.8. The molecule has 2 N–H and O–H groups in total. The summed E-state index contributed by atoms with van der Waals surface area (Å²) in [4.78, 5) is 20.8. The summed E-state index contributed by atoms with van der Waals surface area (Å²) in [6, 6.07) is 14.0. The van der Waals surface area contributed by atoms with Gasteiger partial charge < -0.3 is 15.5 Å². The van der Waals surface area contributed by atoms with Gasteiger partial charge in [0.05, 0.1) is 22.5 Å². The second kappa shape index (κ2) is 9.84. The first kappa shape index (κ1) is 24.7.